The number of halogens is 1. The lowest BCUT2D eigenvalue weighted by Crippen LogP contribution is -2.49. The number of anilines is 2. The molecule has 7 nitrogen and oxygen atoms in total. The van der Waals surface area contributed by atoms with Crippen molar-refractivity contribution in [1.82, 2.24) is 9.88 Å². The largest absolute Gasteiger partial charge is 0.496 e. The number of para-hydroxylation sites is 2. The second-order valence-electron chi connectivity index (χ2n) is 6.32. The minimum atomic E-state index is -0.133. The van der Waals surface area contributed by atoms with Crippen LogP contribution >= 0.6 is 11.6 Å². The fourth-order valence-corrected chi connectivity index (χ4v) is 3.34. The Morgan fingerprint density at radius 3 is 2.67 bits per heavy atom. The molecule has 1 aliphatic heterocycles. The molecular weight excluding hydrogens is 368 g/mol. The quantitative estimate of drug-likeness (QED) is 0.696. The molecule has 8 heteroatoms. The summed E-state index contributed by atoms with van der Waals surface area (Å²) in [5.41, 5.74) is 8.17. The Morgan fingerprint density at radius 2 is 1.96 bits per heavy atom. The van der Waals surface area contributed by atoms with E-state index >= 15 is 0 Å². The van der Waals surface area contributed by atoms with E-state index in [1.807, 2.05) is 29.2 Å². The van der Waals surface area contributed by atoms with Gasteiger partial charge in [0.15, 0.2) is 5.58 Å². The molecule has 2 aromatic carbocycles. The highest BCUT2D eigenvalue weighted by Gasteiger charge is 2.27. The van der Waals surface area contributed by atoms with Gasteiger partial charge in [0.25, 0.3) is 11.9 Å². The Hall–Kier alpha value is -2.93. The summed E-state index contributed by atoms with van der Waals surface area (Å²) in [6.45, 7) is 2.35. The molecule has 0 spiro atoms. The molecule has 1 amide bonds. The second-order valence-corrected chi connectivity index (χ2v) is 6.72. The van der Waals surface area contributed by atoms with Gasteiger partial charge in [-0.05, 0) is 18.2 Å². The van der Waals surface area contributed by atoms with Gasteiger partial charge in [-0.25, -0.2) is 0 Å². The van der Waals surface area contributed by atoms with Gasteiger partial charge in [-0.3, -0.25) is 4.79 Å². The first-order valence-corrected chi connectivity index (χ1v) is 8.97. The molecule has 4 rings (SSSR count). The second kappa shape index (κ2) is 7.00. The number of carbonyl (C=O) groups is 1. The predicted octanol–water partition coefficient (Wildman–Crippen LogP) is 3.03. The van der Waals surface area contributed by atoms with Gasteiger partial charge in [0, 0.05) is 32.2 Å². The molecule has 2 heterocycles. The maximum Gasteiger partial charge on any atom is 0.298 e. The summed E-state index contributed by atoms with van der Waals surface area (Å²) in [7, 11) is 1.50. The number of aromatic nitrogens is 1. The van der Waals surface area contributed by atoms with Crippen LogP contribution in [0, 0.1) is 0 Å². The number of nitrogens with zero attached hydrogens (tertiary/aromatic N) is 3. The number of fused-ring (bicyclic) bond motifs is 1. The number of oxazole rings is 1. The summed E-state index contributed by atoms with van der Waals surface area (Å²) in [6.07, 6.45) is 0. The van der Waals surface area contributed by atoms with Crippen LogP contribution in [-0.4, -0.2) is 49.1 Å². The number of methoxy groups -OCH3 is 1. The van der Waals surface area contributed by atoms with E-state index in [4.69, 9.17) is 26.5 Å². The molecule has 1 fully saturated rings. The van der Waals surface area contributed by atoms with Crippen LogP contribution in [0.25, 0.3) is 11.1 Å². The highest BCUT2D eigenvalue weighted by molar-refractivity contribution is 6.33. The van der Waals surface area contributed by atoms with Gasteiger partial charge in [-0.1, -0.05) is 23.7 Å². The van der Waals surface area contributed by atoms with Crippen molar-refractivity contribution in [2.45, 2.75) is 0 Å². The van der Waals surface area contributed by atoms with Crippen LogP contribution in [-0.2, 0) is 0 Å². The number of hydrogen-bond donors (Lipinski definition) is 1. The first kappa shape index (κ1) is 17.5. The Morgan fingerprint density at radius 1 is 1.22 bits per heavy atom. The zero-order valence-corrected chi connectivity index (χ0v) is 15.6. The van der Waals surface area contributed by atoms with E-state index in [2.05, 4.69) is 4.98 Å². The van der Waals surface area contributed by atoms with Gasteiger partial charge in [-0.15, -0.1) is 0 Å². The van der Waals surface area contributed by atoms with Crippen molar-refractivity contribution >= 4 is 40.3 Å². The monoisotopic (exact) mass is 386 g/mol. The number of amides is 1. The topological polar surface area (TPSA) is 84.8 Å². The number of carbonyl (C=O) groups excluding carboxylic acids is 1. The van der Waals surface area contributed by atoms with Crippen molar-refractivity contribution in [1.29, 1.82) is 0 Å². The van der Waals surface area contributed by atoms with Crippen LogP contribution in [0.4, 0.5) is 11.7 Å². The lowest BCUT2D eigenvalue weighted by molar-refractivity contribution is 0.0741. The van der Waals surface area contributed by atoms with Crippen LogP contribution in [0.1, 0.15) is 10.4 Å². The van der Waals surface area contributed by atoms with Crippen molar-refractivity contribution in [3.05, 3.63) is 47.0 Å². The van der Waals surface area contributed by atoms with Crippen molar-refractivity contribution in [3.8, 4) is 5.75 Å². The van der Waals surface area contributed by atoms with Gasteiger partial charge in [-0.2, -0.15) is 4.98 Å². The highest BCUT2D eigenvalue weighted by atomic mass is 35.5. The summed E-state index contributed by atoms with van der Waals surface area (Å²) < 4.78 is 11.1. The molecular formula is C19H19ClN4O3. The standard InChI is InChI=1S/C19H19ClN4O3/c1-26-17-11-14(21)13(20)10-12(17)18(25)23-6-8-24(9-7-23)19-22-15-4-2-3-5-16(15)27-19/h2-5,10-11H,6-9,21H2,1H3. The van der Waals surface area contributed by atoms with E-state index in [-0.39, 0.29) is 5.91 Å². The number of ether oxygens (including phenoxy) is 1. The van der Waals surface area contributed by atoms with E-state index in [0.717, 1.165) is 11.1 Å². The SMILES string of the molecule is COc1cc(N)c(Cl)cc1C(=O)N1CCN(c2nc3ccccc3o2)CC1. The van der Waals surface area contributed by atoms with Crippen LogP contribution in [0.2, 0.25) is 5.02 Å². The molecule has 0 atom stereocenters. The van der Waals surface area contributed by atoms with Gasteiger partial charge < -0.3 is 24.7 Å². The van der Waals surface area contributed by atoms with Crippen molar-refractivity contribution in [3.63, 3.8) is 0 Å². The predicted molar refractivity (Wildman–Crippen MR) is 105 cm³/mol. The average Bonchev–Trinajstić information content (AvgIpc) is 3.13. The lowest BCUT2D eigenvalue weighted by atomic mass is 10.1. The highest BCUT2D eigenvalue weighted by Crippen LogP contribution is 2.30. The van der Waals surface area contributed by atoms with E-state index in [0.29, 0.717) is 54.2 Å². The average molecular weight is 387 g/mol. The number of piperazine rings is 1. The maximum absolute atomic E-state index is 12.9. The summed E-state index contributed by atoms with van der Waals surface area (Å²) >= 11 is 6.09. The van der Waals surface area contributed by atoms with E-state index in [1.54, 1.807) is 17.0 Å². The summed E-state index contributed by atoms with van der Waals surface area (Å²) in [5.74, 6) is 0.286. The lowest BCUT2D eigenvalue weighted by Gasteiger charge is -2.34. The molecule has 1 aliphatic rings. The molecule has 3 aromatic rings. The third-order valence-electron chi connectivity index (χ3n) is 4.67. The smallest absolute Gasteiger partial charge is 0.298 e. The summed E-state index contributed by atoms with van der Waals surface area (Å²) in [6, 6.07) is 11.4. The Labute approximate surface area is 161 Å². The molecule has 0 saturated carbocycles. The zero-order chi connectivity index (χ0) is 19.0. The molecule has 27 heavy (non-hydrogen) atoms. The Kier molecular flexibility index (Phi) is 4.53. The number of hydrogen-bond acceptors (Lipinski definition) is 6. The molecule has 2 N–H and O–H groups in total. The van der Waals surface area contributed by atoms with Crippen molar-refractivity contribution in [2.75, 3.05) is 43.9 Å². The summed E-state index contributed by atoms with van der Waals surface area (Å²) in [4.78, 5) is 21.2. The van der Waals surface area contributed by atoms with Crippen LogP contribution in [0.15, 0.2) is 40.8 Å². The number of nitrogens with two attached hydrogens (primary N) is 1. The van der Waals surface area contributed by atoms with Crippen LogP contribution < -0.4 is 15.4 Å². The van der Waals surface area contributed by atoms with Gasteiger partial charge in [0.05, 0.1) is 23.4 Å². The first-order valence-electron chi connectivity index (χ1n) is 8.59. The van der Waals surface area contributed by atoms with E-state index in [1.165, 1.54) is 7.11 Å². The van der Waals surface area contributed by atoms with Crippen molar-refractivity contribution in [2.24, 2.45) is 0 Å². The minimum Gasteiger partial charge on any atom is -0.496 e. The molecule has 1 aromatic heterocycles. The maximum atomic E-state index is 12.9. The number of nitrogen functional groups attached to an aromatic ring is 1. The first-order chi connectivity index (χ1) is 13.1. The Bertz CT molecular complexity index is 963. The molecule has 0 unspecified atom stereocenters. The number of benzene rings is 2. The molecule has 0 aliphatic carbocycles. The van der Waals surface area contributed by atoms with Crippen LogP contribution in [0.3, 0.4) is 0 Å². The molecule has 0 bridgehead atoms. The third-order valence-corrected chi connectivity index (χ3v) is 5.00. The van der Waals surface area contributed by atoms with E-state index in [9.17, 15) is 4.79 Å². The van der Waals surface area contributed by atoms with Crippen molar-refractivity contribution < 1.29 is 13.9 Å². The third kappa shape index (κ3) is 3.26. The van der Waals surface area contributed by atoms with Gasteiger partial charge >= 0.3 is 0 Å². The van der Waals surface area contributed by atoms with E-state index < -0.39 is 0 Å². The fraction of sp³-hybridized carbons (Fsp3) is 0.263. The van der Waals surface area contributed by atoms with Crippen LogP contribution in [0.5, 0.6) is 5.75 Å². The molecule has 140 valence electrons. The zero-order valence-electron chi connectivity index (χ0n) is 14.8. The molecule has 0 radical (unpaired) electrons. The minimum absolute atomic E-state index is 0.133. The summed E-state index contributed by atoms with van der Waals surface area (Å²) in [5, 5.41) is 0.337. The van der Waals surface area contributed by atoms with Gasteiger partial charge in [0.2, 0.25) is 0 Å². The fourth-order valence-electron chi connectivity index (χ4n) is 3.17. The van der Waals surface area contributed by atoms with Gasteiger partial charge in [0.1, 0.15) is 11.3 Å². The normalized spacial score (nSPS) is 14.6. The Balaban J connectivity index is 1.49. The molecule has 1 saturated heterocycles. The number of rotatable bonds is 3.